The lowest BCUT2D eigenvalue weighted by molar-refractivity contribution is -0.170. The van der Waals surface area contributed by atoms with Crippen molar-refractivity contribution in [1.29, 1.82) is 0 Å². The maximum Gasteiger partial charge on any atom is -0.0349 e. The monoisotopic (exact) mass is 673 g/mol. The standard InChI is InChI=1S/C18H24.C14H24.C12H16.C6H8/c1-7-8(16-5-15(7)16)2-12-11(1)13-3-9-10(4-14(12)13)18-6-17(9)18;1-7-8(2)12-6-14-10(4)9(3)13(14)5-11(7)12;1-5-7(11-3-9(5)11)2-8-6(1)10-4-12(8)10;1-3-4(1)6-2-5(3)6/h7-18H,1-6H2;7-14H,5-6H2,1-4H3;5-12H,1-4H2;3-6H,1-2H2. The van der Waals surface area contributed by atoms with Crippen molar-refractivity contribution in [3.8, 4) is 0 Å². The number of hydrogen-bond acceptors (Lipinski definition) is 0. The van der Waals surface area contributed by atoms with E-state index in [4.69, 9.17) is 0 Å². The second-order valence-corrected chi connectivity index (χ2v) is 25.3. The van der Waals surface area contributed by atoms with Gasteiger partial charge in [0.15, 0.2) is 0 Å². The van der Waals surface area contributed by atoms with Gasteiger partial charge in [-0.3, -0.25) is 0 Å². The molecule has 0 amide bonds. The van der Waals surface area contributed by atoms with Crippen LogP contribution in [0, 0.1) is 189 Å². The minimum Gasteiger partial charge on any atom is -0.0620 e. The Kier molecular flexibility index (Phi) is 5.47. The van der Waals surface area contributed by atoms with Gasteiger partial charge >= 0.3 is 0 Å². The van der Waals surface area contributed by atoms with E-state index in [0.29, 0.717) is 0 Å². The third kappa shape index (κ3) is 3.58. The molecule has 272 valence electrons. The molecular weight excluding hydrogens is 601 g/mol. The normalized spacial score (nSPS) is 76.1. The molecule has 0 aromatic rings. The Labute approximate surface area is 306 Å². The molecule has 0 aromatic heterocycles. The molecule has 18 aliphatic rings. The molecular formula is C50H72. The third-order valence-corrected chi connectivity index (χ3v) is 25.1. The fraction of sp³-hybridized carbons (Fsp3) is 1.00. The van der Waals surface area contributed by atoms with Crippen LogP contribution in [0.2, 0.25) is 0 Å². The Morgan fingerprint density at radius 3 is 0.320 bits per heavy atom. The molecule has 0 heterocycles. The summed E-state index contributed by atoms with van der Waals surface area (Å²) in [5.41, 5.74) is 0. The van der Waals surface area contributed by atoms with Gasteiger partial charge in [0.25, 0.3) is 0 Å². The summed E-state index contributed by atoms with van der Waals surface area (Å²) in [5.74, 6) is 38.6. The van der Waals surface area contributed by atoms with Crippen molar-refractivity contribution in [1.82, 2.24) is 0 Å². The Bertz CT molecular complexity index is 1270. The van der Waals surface area contributed by atoms with Gasteiger partial charge in [0.2, 0.25) is 0 Å². The van der Waals surface area contributed by atoms with Crippen molar-refractivity contribution in [2.45, 2.75) is 118 Å². The summed E-state index contributed by atoms with van der Waals surface area (Å²) < 4.78 is 0. The zero-order valence-electron chi connectivity index (χ0n) is 32.4. The van der Waals surface area contributed by atoms with E-state index in [1.54, 1.807) is 89.9 Å². The highest BCUT2D eigenvalue weighted by atomic mass is 14.8. The molecule has 0 saturated heterocycles. The molecule has 0 nitrogen and oxygen atoms in total. The van der Waals surface area contributed by atoms with Crippen LogP contribution in [0.5, 0.6) is 0 Å². The van der Waals surface area contributed by atoms with E-state index < -0.39 is 0 Å². The van der Waals surface area contributed by atoms with Gasteiger partial charge in [-0.2, -0.15) is 0 Å². The number of fused-ring (bicyclic) bond motifs is 26. The van der Waals surface area contributed by atoms with Gasteiger partial charge < -0.3 is 0 Å². The SMILES string of the molecule is C1C2C1C1CC21.C1C2C1C1CC3C(CC21)C1CC2C4CC4C2CC31.C1C2C1C1CC3C4CC4C3CC21.CC1C(C)C2CC3C(C)C(C)C3CC12. The van der Waals surface area contributed by atoms with Gasteiger partial charge in [-0.1, -0.05) is 27.7 Å². The first-order valence-corrected chi connectivity index (χ1v) is 24.4. The minimum absolute atomic E-state index is 1.03. The van der Waals surface area contributed by atoms with Gasteiger partial charge in [-0.05, 0) is 279 Å². The Balaban J connectivity index is 0.0000000719. The summed E-state index contributed by atoms with van der Waals surface area (Å²) in [7, 11) is 0. The van der Waals surface area contributed by atoms with E-state index in [1.165, 1.54) is 142 Å². The predicted octanol–water partition coefficient (Wildman–Crippen LogP) is 11.4. The van der Waals surface area contributed by atoms with Crippen LogP contribution in [-0.4, -0.2) is 0 Å². The summed E-state index contributed by atoms with van der Waals surface area (Å²) in [6.45, 7) is 9.94. The second-order valence-electron chi connectivity index (χ2n) is 25.3. The van der Waals surface area contributed by atoms with Crippen LogP contribution in [0.15, 0.2) is 0 Å². The Morgan fingerprint density at radius 1 is 0.140 bits per heavy atom. The molecule has 0 aromatic carbocycles. The summed E-state index contributed by atoms with van der Waals surface area (Å²) >= 11 is 0. The van der Waals surface area contributed by atoms with E-state index in [-0.39, 0.29) is 0 Å². The highest BCUT2D eigenvalue weighted by Crippen LogP contribution is 2.80. The summed E-state index contributed by atoms with van der Waals surface area (Å²) in [5, 5.41) is 0. The van der Waals surface area contributed by atoms with E-state index in [2.05, 4.69) is 27.7 Å². The van der Waals surface area contributed by atoms with Crippen molar-refractivity contribution in [3.05, 3.63) is 0 Å². The van der Waals surface area contributed by atoms with E-state index in [1.807, 2.05) is 0 Å². The Hall–Kier alpha value is 0. The van der Waals surface area contributed by atoms with Crippen LogP contribution in [0.25, 0.3) is 0 Å². The van der Waals surface area contributed by atoms with Crippen LogP contribution in [-0.2, 0) is 0 Å². The molecule has 18 fully saturated rings. The van der Waals surface area contributed by atoms with Gasteiger partial charge in [-0.15, -0.1) is 0 Å². The molecule has 8 atom stereocenters. The molecule has 0 spiro atoms. The van der Waals surface area contributed by atoms with E-state index in [0.717, 1.165) is 47.3 Å². The number of rotatable bonds is 0. The van der Waals surface area contributed by atoms with Gasteiger partial charge in [0, 0.05) is 0 Å². The smallest absolute Gasteiger partial charge is 0.0349 e. The largest absolute Gasteiger partial charge is 0.0620 e. The fourth-order valence-corrected chi connectivity index (χ4v) is 21.4. The van der Waals surface area contributed by atoms with Gasteiger partial charge in [0.1, 0.15) is 0 Å². The van der Waals surface area contributed by atoms with Crippen molar-refractivity contribution in [2.75, 3.05) is 0 Å². The molecule has 18 aliphatic carbocycles. The molecule has 50 heavy (non-hydrogen) atoms. The summed E-state index contributed by atoms with van der Waals surface area (Å²) in [4.78, 5) is 0. The molecule has 0 bridgehead atoms. The third-order valence-electron chi connectivity index (χ3n) is 25.1. The van der Waals surface area contributed by atoms with Crippen molar-refractivity contribution in [3.63, 3.8) is 0 Å². The van der Waals surface area contributed by atoms with E-state index in [9.17, 15) is 0 Å². The topological polar surface area (TPSA) is 0 Å². The zero-order valence-corrected chi connectivity index (χ0v) is 32.4. The molecule has 8 unspecified atom stereocenters. The van der Waals surface area contributed by atoms with Crippen LogP contribution in [0.3, 0.4) is 0 Å². The predicted molar refractivity (Wildman–Crippen MR) is 199 cm³/mol. The highest BCUT2D eigenvalue weighted by molar-refractivity contribution is 5.21. The van der Waals surface area contributed by atoms with Crippen molar-refractivity contribution in [2.24, 2.45) is 189 Å². The lowest BCUT2D eigenvalue weighted by Crippen LogP contribution is -2.59. The molecule has 0 radical (unpaired) electrons. The zero-order chi connectivity index (χ0) is 32.4. The van der Waals surface area contributed by atoms with E-state index >= 15 is 0 Å². The Morgan fingerprint density at radius 2 is 0.220 bits per heavy atom. The maximum atomic E-state index is 2.49. The lowest BCUT2D eigenvalue weighted by Gasteiger charge is -2.65. The molecule has 0 aliphatic heterocycles. The first kappa shape index (κ1) is 29.3. The lowest BCUT2D eigenvalue weighted by atomic mass is 9.39. The van der Waals surface area contributed by atoms with Crippen LogP contribution in [0.4, 0.5) is 0 Å². The quantitative estimate of drug-likeness (QED) is 0.240. The fourth-order valence-electron chi connectivity index (χ4n) is 21.4. The first-order valence-electron chi connectivity index (χ1n) is 24.4. The van der Waals surface area contributed by atoms with Crippen molar-refractivity contribution >= 4 is 0 Å². The highest BCUT2D eigenvalue weighted by Gasteiger charge is 2.73. The summed E-state index contributed by atoms with van der Waals surface area (Å²) in [6, 6.07) is 0. The van der Waals surface area contributed by atoms with Crippen LogP contribution < -0.4 is 0 Å². The van der Waals surface area contributed by atoms with Crippen LogP contribution >= 0.6 is 0 Å². The molecule has 18 saturated carbocycles. The molecule has 18 rings (SSSR count). The average Bonchev–Trinajstić information content (AvgIpc) is 3.89. The van der Waals surface area contributed by atoms with Crippen molar-refractivity contribution < 1.29 is 0 Å². The maximum absolute atomic E-state index is 2.49. The molecule has 0 N–H and O–H groups in total. The summed E-state index contributed by atoms with van der Waals surface area (Å²) in [6.07, 6.45) is 23.1. The average molecular weight is 673 g/mol. The molecule has 0 heteroatoms. The minimum atomic E-state index is 1.03. The van der Waals surface area contributed by atoms with Gasteiger partial charge in [0.05, 0.1) is 0 Å². The van der Waals surface area contributed by atoms with Gasteiger partial charge in [-0.25, -0.2) is 0 Å². The second kappa shape index (κ2) is 9.33. The van der Waals surface area contributed by atoms with Crippen LogP contribution in [0.1, 0.15) is 118 Å². The number of hydrogen-bond donors (Lipinski definition) is 0. The first-order chi connectivity index (χ1) is 24.4.